The molecule has 2 aliphatic heterocycles. The normalized spacial score (nSPS) is 23.0. The van der Waals surface area contributed by atoms with Crippen LogP contribution in [0.25, 0.3) is 16.8 Å². The predicted octanol–water partition coefficient (Wildman–Crippen LogP) is 4.19. The molecule has 30 heavy (non-hydrogen) atoms. The Hall–Kier alpha value is -3.15. The van der Waals surface area contributed by atoms with E-state index in [1.54, 1.807) is 17.3 Å². The lowest BCUT2D eigenvalue weighted by Gasteiger charge is -2.33. The summed E-state index contributed by atoms with van der Waals surface area (Å²) in [6, 6.07) is 20.1. The summed E-state index contributed by atoms with van der Waals surface area (Å²) < 4.78 is 0. The SMILES string of the molecule is CC1NN2C(=O)C=C(c3cccc(-c4cccnc4)c3)NC2C1c1ccc(Cl)cc1. The molecule has 1 saturated heterocycles. The van der Waals surface area contributed by atoms with Crippen molar-refractivity contribution in [3.63, 3.8) is 0 Å². The molecule has 0 aliphatic carbocycles. The number of rotatable bonds is 3. The average molecular weight is 417 g/mol. The second-order valence-corrected chi connectivity index (χ2v) is 8.11. The molecule has 1 amide bonds. The number of fused-ring (bicyclic) bond motifs is 1. The lowest BCUT2D eigenvalue weighted by molar-refractivity contribution is -0.130. The molecule has 3 heterocycles. The highest BCUT2D eigenvalue weighted by Gasteiger charge is 2.44. The van der Waals surface area contributed by atoms with Crippen molar-refractivity contribution in [1.82, 2.24) is 20.7 Å². The fraction of sp³-hybridized carbons (Fsp3) is 0.167. The van der Waals surface area contributed by atoms with Gasteiger partial charge in [-0.15, -0.1) is 0 Å². The van der Waals surface area contributed by atoms with Crippen molar-refractivity contribution in [2.45, 2.75) is 25.0 Å². The number of carbonyl (C=O) groups is 1. The summed E-state index contributed by atoms with van der Waals surface area (Å²) in [5, 5.41) is 5.99. The third-order valence-corrected chi connectivity index (χ3v) is 5.98. The summed E-state index contributed by atoms with van der Waals surface area (Å²) in [5.74, 6) is 0.0419. The molecule has 5 rings (SSSR count). The van der Waals surface area contributed by atoms with Crippen molar-refractivity contribution in [1.29, 1.82) is 0 Å². The molecule has 1 aromatic heterocycles. The molecule has 150 valence electrons. The number of hydrogen-bond donors (Lipinski definition) is 2. The van der Waals surface area contributed by atoms with Gasteiger partial charge in [-0.05, 0) is 47.9 Å². The van der Waals surface area contributed by atoms with Crippen LogP contribution in [0, 0.1) is 0 Å². The second kappa shape index (κ2) is 7.59. The average Bonchev–Trinajstić information content (AvgIpc) is 3.11. The Kier molecular flexibility index (Phi) is 4.77. The smallest absolute Gasteiger partial charge is 0.264 e. The zero-order valence-electron chi connectivity index (χ0n) is 16.4. The first-order chi connectivity index (χ1) is 14.6. The number of carbonyl (C=O) groups excluding carboxylic acids is 1. The molecular weight excluding hydrogens is 396 g/mol. The molecule has 0 radical (unpaired) electrons. The molecule has 0 bridgehead atoms. The number of halogens is 1. The number of nitrogens with zero attached hydrogens (tertiary/aromatic N) is 2. The number of nitrogens with one attached hydrogen (secondary N) is 2. The number of pyridine rings is 1. The molecule has 3 atom stereocenters. The minimum atomic E-state index is -0.185. The second-order valence-electron chi connectivity index (χ2n) is 7.67. The summed E-state index contributed by atoms with van der Waals surface area (Å²) in [5.41, 5.74) is 8.34. The largest absolute Gasteiger partial charge is 0.363 e. The zero-order chi connectivity index (χ0) is 20.7. The van der Waals surface area contributed by atoms with Crippen LogP contribution in [0.15, 0.2) is 79.1 Å². The van der Waals surface area contributed by atoms with Gasteiger partial charge in [-0.2, -0.15) is 0 Å². The fourth-order valence-electron chi connectivity index (χ4n) is 4.29. The molecule has 2 aliphatic rings. The van der Waals surface area contributed by atoms with Crippen LogP contribution in [0.4, 0.5) is 0 Å². The zero-order valence-corrected chi connectivity index (χ0v) is 17.2. The molecule has 0 saturated carbocycles. The molecule has 6 heteroatoms. The molecule has 5 nitrogen and oxygen atoms in total. The van der Waals surface area contributed by atoms with E-state index in [1.165, 1.54) is 0 Å². The maximum Gasteiger partial charge on any atom is 0.264 e. The molecule has 3 unspecified atom stereocenters. The van der Waals surface area contributed by atoms with Crippen molar-refractivity contribution in [2.75, 3.05) is 0 Å². The number of hydrogen-bond acceptors (Lipinski definition) is 4. The topological polar surface area (TPSA) is 57.3 Å². The fourth-order valence-corrected chi connectivity index (χ4v) is 4.41. The van der Waals surface area contributed by atoms with Crippen LogP contribution < -0.4 is 10.7 Å². The number of aromatic nitrogens is 1. The highest BCUT2D eigenvalue weighted by Crippen LogP contribution is 2.35. The van der Waals surface area contributed by atoms with Gasteiger partial charge in [0, 0.05) is 46.7 Å². The Balaban J connectivity index is 1.48. The van der Waals surface area contributed by atoms with Crippen LogP contribution in [0.3, 0.4) is 0 Å². The van der Waals surface area contributed by atoms with Crippen LogP contribution in [-0.2, 0) is 4.79 Å². The van der Waals surface area contributed by atoms with E-state index in [0.29, 0.717) is 5.02 Å². The Bertz CT molecular complexity index is 1110. The Labute approximate surface area is 180 Å². The van der Waals surface area contributed by atoms with Crippen molar-refractivity contribution < 1.29 is 4.79 Å². The van der Waals surface area contributed by atoms with Gasteiger partial charge in [0.1, 0.15) is 6.17 Å². The number of hydrazine groups is 1. The standard InChI is InChI=1S/C24H21ClN4O/c1-15-23(16-7-9-20(25)10-8-16)24-27-21(13-22(30)29(24)28-15)18-5-2-4-17(12-18)19-6-3-11-26-14-19/h2-15,23-24,27-28H,1H3. The van der Waals surface area contributed by atoms with Gasteiger partial charge in [0.15, 0.2) is 0 Å². The van der Waals surface area contributed by atoms with E-state index in [1.807, 2.05) is 60.8 Å². The van der Waals surface area contributed by atoms with Gasteiger partial charge in [0.2, 0.25) is 0 Å². The first-order valence-corrected chi connectivity index (χ1v) is 10.3. The van der Waals surface area contributed by atoms with E-state index in [2.05, 4.69) is 28.7 Å². The van der Waals surface area contributed by atoms with E-state index in [4.69, 9.17) is 11.6 Å². The maximum absolute atomic E-state index is 12.9. The van der Waals surface area contributed by atoms with E-state index >= 15 is 0 Å². The van der Waals surface area contributed by atoms with Gasteiger partial charge in [-0.1, -0.05) is 48.0 Å². The minimum absolute atomic E-state index is 0.0520. The van der Waals surface area contributed by atoms with E-state index in [-0.39, 0.29) is 24.0 Å². The number of benzene rings is 2. The van der Waals surface area contributed by atoms with Crippen LogP contribution in [-0.4, -0.2) is 28.1 Å². The molecule has 2 N–H and O–H groups in total. The van der Waals surface area contributed by atoms with Gasteiger partial charge >= 0.3 is 0 Å². The first-order valence-electron chi connectivity index (χ1n) is 9.94. The van der Waals surface area contributed by atoms with Gasteiger partial charge in [-0.25, -0.2) is 5.43 Å². The molecular formula is C24H21ClN4O. The van der Waals surface area contributed by atoms with Gasteiger partial charge < -0.3 is 5.32 Å². The quantitative estimate of drug-likeness (QED) is 0.672. The first kappa shape index (κ1) is 18.9. The summed E-state index contributed by atoms with van der Waals surface area (Å²) in [6.45, 7) is 2.09. The van der Waals surface area contributed by atoms with E-state index in [0.717, 1.165) is 28.0 Å². The van der Waals surface area contributed by atoms with Crippen molar-refractivity contribution in [2.24, 2.45) is 0 Å². The summed E-state index contributed by atoms with van der Waals surface area (Å²) in [6.07, 6.45) is 5.07. The number of amides is 1. The van der Waals surface area contributed by atoms with E-state index in [9.17, 15) is 4.79 Å². The van der Waals surface area contributed by atoms with E-state index < -0.39 is 0 Å². The third kappa shape index (κ3) is 3.36. The monoisotopic (exact) mass is 416 g/mol. The highest BCUT2D eigenvalue weighted by atomic mass is 35.5. The lowest BCUT2D eigenvalue weighted by atomic mass is 9.90. The molecule has 1 fully saturated rings. The van der Waals surface area contributed by atoms with Crippen molar-refractivity contribution in [3.8, 4) is 11.1 Å². The predicted molar refractivity (Wildman–Crippen MR) is 118 cm³/mol. The summed E-state index contributed by atoms with van der Waals surface area (Å²) >= 11 is 6.07. The molecule has 3 aromatic rings. The van der Waals surface area contributed by atoms with Crippen LogP contribution in [0.2, 0.25) is 5.02 Å². The van der Waals surface area contributed by atoms with Gasteiger partial charge in [0.05, 0.1) is 0 Å². The molecule has 2 aromatic carbocycles. The Morgan fingerprint density at radius 2 is 1.77 bits per heavy atom. The minimum Gasteiger partial charge on any atom is -0.363 e. The summed E-state index contributed by atoms with van der Waals surface area (Å²) in [7, 11) is 0. The van der Waals surface area contributed by atoms with Crippen LogP contribution in [0.5, 0.6) is 0 Å². The van der Waals surface area contributed by atoms with Crippen molar-refractivity contribution >= 4 is 23.2 Å². The summed E-state index contributed by atoms with van der Waals surface area (Å²) in [4.78, 5) is 17.1. The highest BCUT2D eigenvalue weighted by molar-refractivity contribution is 6.30. The van der Waals surface area contributed by atoms with Crippen molar-refractivity contribution in [3.05, 3.63) is 95.3 Å². The van der Waals surface area contributed by atoms with Crippen LogP contribution in [0.1, 0.15) is 24.0 Å². The molecule has 0 spiro atoms. The van der Waals surface area contributed by atoms with Gasteiger partial charge in [-0.3, -0.25) is 14.8 Å². The van der Waals surface area contributed by atoms with Gasteiger partial charge in [0.25, 0.3) is 5.91 Å². The lowest BCUT2D eigenvalue weighted by Crippen LogP contribution is -2.52. The third-order valence-electron chi connectivity index (χ3n) is 5.73. The Morgan fingerprint density at radius 1 is 1.00 bits per heavy atom. The Morgan fingerprint density at radius 3 is 2.53 bits per heavy atom. The maximum atomic E-state index is 12.9. The van der Waals surface area contributed by atoms with Crippen LogP contribution >= 0.6 is 11.6 Å².